The minimum Gasteiger partial charge on any atom is -0.460 e. The molecular weight excluding hydrogens is 450 g/mol. The molecule has 0 heterocycles. The van der Waals surface area contributed by atoms with Gasteiger partial charge in [0.15, 0.2) is 18.0 Å². The molecule has 1 saturated carbocycles. The SMILES string of the molecule is C=C/C=C(\C=C/Cc1ccc(C(=O)CC2CCCC2)cc1)NC(=O)c1ccc(CC)cc1.OC#CO. The zero-order valence-electron chi connectivity index (χ0n) is 20.9. The summed E-state index contributed by atoms with van der Waals surface area (Å²) in [4.78, 5) is 25.0. The fraction of sp³-hybridized carbons (Fsp3) is 0.290. The number of carbonyl (C=O) groups is 2. The van der Waals surface area contributed by atoms with Crippen molar-refractivity contribution < 1.29 is 19.8 Å². The average molecular weight is 486 g/mol. The van der Waals surface area contributed by atoms with E-state index in [1.807, 2.05) is 60.7 Å². The molecule has 1 fully saturated rings. The number of aliphatic hydroxyl groups is 2. The van der Waals surface area contributed by atoms with Gasteiger partial charge >= 0.3 is 0 Å². The number of hydrogen-bond acceptors (Lipinski definition) is 4. The van der Waals surface area contributed by atoms with Crippen LogP contribution in [0.3, 0.4) is 0 Å². The lowest BCUT2D eigenvalue weighted by Gasteiger charge is -2.08. The Labute approximate surface area is 214 Å². The van der Waals surface area contributed by atoms with Crippen LogP contribution in [0, 0.1) is 18.1 Å². The molecule has 0 aliphatic heterocycles. The van der Waals surface area contributed by atoms with Crippen LogP contribution in [0.4, 0.5) is 0 Å². The third-order valence-corrected chi connectivity index (χ3v) is 6.11. The summed E-state index contributed by atoms with van der Waals surface area (Å²) in [6.45, 7) is 5.83. The van der Waals surface area contributed by atoms with Crippen molar-refractivity contribution in [1.29, 1.82) is 0 Å². The van der Waals surface area contributed by atoms with Gasteiger partial charge in [0.25, 0.3) is 5.91 Å². The van der Waals surface area contributed by atoms with Crippen molar-refractivity contribution in [3.63, 3.8) is 0 Å². The molecule has 1 aliphatic rings. The van der Waals surface area contributed by atoms with E-state index in [2.05, 4.69) is 18.8 Å². The molecule has 188 valence electrons. The number of aryl methyl sites for hydroxylation is 1. The molecule has 0 radical (unpaired) electrons. The maximum atomic E-state index is 12.5. The predicted molar refractivity (Wildman–Crippen MR) is 143 cm³/mol. The van der Waals surface area contributed by atoms with E-state index >= 15 is 0 Å². The summed E-state index contributed by atoms with van der Waals surface area (Å²) >= 11 is 0. The number of hydrogen-bond donors (Lipinski definition) is 3. The van der Waals surface area contributed by atoms with E-state index in [-0.39, 0.29) is 11.7 Å². The highest BCUT2D eigenvalue weighted by Crippen LogP contribution is 2.28. The van der Waals surface area contributed by atoms with E-state index < -0.39 is 0 Å². The quantitative estimate of drug-likeness (QED) is 0.211. The highest BCUT2D eigenvalue weighted by molar-refractivity contribution is 5.96. The van der Waals surface area contributed by atoms with Crippen LogP contribution >= 0.6 is 0 Å². The van der Waals surface area contributed by atoms with E-state index in [9.17, 15) is 9.59 Å². The molecular formula is C31H35NO4. The molecule has 0 spiro atoms. The Morgan fingerprint density at radius 1 is 0.972 bits per heavy atom. The monoisotopic (exact) mass is 485 g/mol. The largest absolute Gasteiger partial charge is 0.460 e. The molecule has 5 nitrogen and oxygen atoms in total. The zero-order chi connectivity index (χ0) is 26.2. The molecule has 0 aromatic heterocycles. The number of rotatable bonds is 10. The number of ketones is 1. The molecule has 1 amide bonds. The fourth-order valence-electron chi connectivity index (χ4n) is 4.10. The molecule has 2 aromatic carbocycles. The van der Waals surface area contributed by atoms with Gasteiger partial charge in [-0.2, -0.15) is 0 Å². The van der Waals surface area contributed by atoms with E-state index in [4.69, 9.17) is 10.2 Å². The van der Waals surface area contributed by atoms with E-state index in [0.717, 1.165) is 17.5 Å². The Morgan fingerprint density at radius 3 is 2.11 bits per heavy atom. The topological polar surface area (TPSA) is 86.6 Å². The molecule has 0 unspecified atom stereocenters. The number of amides is 1. The van der Waals surface area contributed by atoms with Gasteiger partial charge in [-0.15, -0.1) is 0 Å². The van der Waals surface area contributed by atoms with Crippen LogP contribution in [0.15, 0.2) is 85.1 Å². The van der Waals surface area contributed by atoms with Crippen molar-refractivity contribution >= 4 is 11.7 Å². The lowest BCUT2D eigenvalue weighted by atomic mass is 9.96. The Hall–Kier alpha value is -4.04. The predicted octanol–water partition coefficient (Wildman–Crippen LogP) is 6.26. The summed E-state index contributed by atoms with van der Waals surface area (Å²) in [5.41, 5.74) is 4.45. The number of aliphatic hydroxyl groups excluding tert-OH is 2. The van der Waals surface area contributed by atoms with Gasteiger partial charge in [0.05, 0.1) is 0 Å². The molecule has 0 bridgehead atoms. The number of benzene rings is 2. The summed E-state index contributed by atoms with van der Waals surface area (Å²) in [5, 5.41) is 17.5. The standard InChI is InChI=1S/C29H33NO2.C2H2O2/c1-3-8-27(30-29(32)26-19-13-22(4-2)14-20-26)12-7-11-23-15-17-25(18-16-23)28(31)21-24-9-5-6-10-24;3-1-2-4/h3,7-8,12-20,24H,1,4-6,9-11,21H2,2H3,(H,30,32);3-4H/b12-7-,27-8+;. The van der Waals surface area contributed by atoms with Gasteiger partial charge in [-0.05, 0) is 54.2 Å². The molecule has 36 heavy (non-hydrogen) atoms. The van der Waals surface area contributed by atoms with Gasteiger partial charge in [0.2, 0.25) is 0 Å². The third kappa shape index (κ3) is 9.68. The Kier molecular flexibility index (Phi) is 12.4. The van der Waals surface area contributed by atoms with Gasteiger partial charge in [-0.1, -0.05) is 87.7 Å². The van der Waals surface area contributed by atoms with E-state index in [1.165, 1.54) is 43.5 Å². The van der Waals surface area contributed by atoms with Crippen LogP contribution in [0.25, 0.3) is 0 Å². The van der Waals surface area contributed by atoms with Crippen molar-refractivity contribution in [2.24, 2.45) is 5.92 Å². The second kappa shape index (κ2) is 15.8. The van der Waals surface area contributed by atoms with Gasteiger partial charge in [-0.3, -0.25) is 9.59 Å². The summed E-state index contributed by atoms with van der Waals surface area (Å²) < 4.78 is 0. The Balaban J connectivity index is 0.00000106. The Morgan fingerprint density at radius 2 is 1.56 bits per heavy atom. The van der Waals surface area contributed by atoms with Crippen LogP contribution in [-0.2, 0) is 12.8 Å². The molecule has 3 rings (SSSR count). The molecule has 0 atom stereocenters. The number of nitrogens with one attached hydrogen (secondary N) is 1. The van der Waals surface area contributed by atoms with Crippen molar-refractivity contribution in [1.82, 2.24) is 5.32 Å². The molecule has 1 aliphatic carbocycles. The zero-order valence-corrected chi connectivity index (χ0v) is 20.9. The molecule has 0 saturated heterocycles. The first-order valence-electron chi connectivity index (χ1n) is 12.3. The maximum Gasteiger partial charge on any atom is 0.255 e. The van der Waals surface area contributed by atoms with Crippen LogP contribution < -0.4 is 5.32 Å². The summed E-state index contributed by atoms with van der Waals surface area (Å²) in [5.74, 6) is 0.681. The summed E-state index contributed by atoms with van der Waals surface area (Å²) in [7, 11) is 0. The normalized spacial score (nSPS) is 13.3. The van der Waals surface area contributed by atoms with E-state index in [0.29, 0.717) is 30.0 Å². The van der Waals surface area contributed by atoms with Crippen LogP contribution in [0.1, 0.15) is 70.9 Å². The first-order chi connectivity index (χ1) is 17.5. The van der Waals surface area contributed by atoms with Crippen molar-refractivity contribution in [2.75, 3.05) is 0 Å². The number of carbonyl (C=O) groups excluding carboxylic acids is 2. The second-order valence-corrected chi connectivity index (χ2v) is 8.67. The molecule has 5 heteroatoms. The Bertz CT molecular complexity index is 1100. The maximum absolute atomic E-state index is 12.5. The first-order valence-corrected chi connectivity index (χ1v) is 12.3. The van der Waals surface area contributed by atoms with Gasteiger partial charge in [0.1, 0.15) is 0 Å². The minimum atomic E-state index is -0.143. The van der Waals surface area contributed by atoms with Crippen LogP contribution in [-0.4, -0.2) is 21.9 Å². The van der Waals surface area contributed by atoms with E-state index in [1.54, 1.807) is 12.2 Å². The van der Waals surface area contributed by atoms with Gasteiger partial charge < -0.3 is 15.5 Å². The summed E-state index contributed by atoms with van der Waals surface area (Å²) in [6.07, 6.45) is 17.0. The number of allylic oxidation sites excluding steroid dienone is 4. The fourth-order valence-corrected chi connectivity index (χ4v) is 4.10. The lowest BCUT2D eigenvalue weighted by molar-refractivity contribution is 0.0956. The smallest absolute Gasteiger partial charge is 0.255 e. The lowest BCUT2D eigenvalue weighted by Crippen LogP contribution is -2.21. The van der Waals surface area contributed by atoms with Crippen molar-refractivity contribution in [3.05, 3.63) is 107 Å². The average Bonchev–Trinajstić information content (AvgIpc) is 3.42. The highest BCUT2D eigenvalue weighted by atomic mass is 16.3. The van der Waals surface area contributed by atoms with Gasteiger partial charge in [-0.25, -0.2) is 0 Å². The molecule has 3 N–H and O–H groups in total. The summed E-state index contributed by atoms with van der Waals surface area (Å²) in [6, 6.07) is 15.5. The van der Waals surface area contributed by atoms with Crippen LogP contribution in [0.5, 0.6) is 0 Å². The van der Waals surface area contributed by atoms with Gasteiger partial charge in [0, 0.05) is 23.2 Å². The van der Waals surface area contributed by atoms with Crippen molar-refractivity contribution in [2.45, 2.75) is 51.9 Å². The number of Topliss-reactive ketones (excluding diaryl/α,β-unsaturated/α-hetero) is 1. The highest BCUT2D eigenvalue weighted by Gasteiger charge is 2.19. The molecule has 2 aromatic rings. The second-order valence-electron chi connectivity index (χ2n) is 8.67. The third-order valence-electron chi connectivity index (χ3n) is 6.11. The first kappa shape index (κ1) is 28.2. The van der Waals surface area contributed by atoms with Crippen molar-refractivity contribution in [3.8, 4) is 12.2 Å². The minimum absolute atomic E-state index is 0.143. The van der Waals surface area contributed by atoms with Crippen LogP contribution in [0.2, 0.25) is 0 Å².